The number of esters is 1. The Hall–Kier alpha value is -3.29. The van der Waals surface area contributed by atoms with Gasteiger partial charge < -0.3 is 14.3 Å². The highest BCUT2D eigenvalue weighted by Gasteiger charge is 2.42. The molecule has 7 nitrogen and oxygen atoms in total. The number of thioether (sulfide) groups is 1. The molecule has 0 saturated carbocycles. The number of allylic oxidation sites excluding steroid dienone is 3. The minimum absolute atomic E-state index is 0.0691. The Morgan fingerprint density at radius 3 is 2.17 bits per heavy atom. The number of nitrogens with zero attached hydrogens (tertiary/aromatic N) is 1. The Labute approximate surface area is 198 Å². The normalized spacial score (nSPS) is 16.4. The molecule has 190 valence electrons. The summed E-state index contributed by atoms with van der Waals surface area (Å²) in [5, 5.41) is 2.87. The largest absolute Gasteiger partial charge is 0.493 e. The molecule has 0 saturated heterocycles. The fourth-order valence-corrected chi connectivity index (χ4v) is 3.43. The molecular weight excluding hydrogens is 508 g/mol. The maximum atomic E-state index is 12.2. The zero-order chi connectivity index (χ0) is 26.2. The molecule has 0 spiro atoms. The van der Waals surface area contributed by atoms with Crippen LogP contribution >= 0.6 is 11.8 Å². The number of rotatable bonds is 9. The van der Waals surface area contributed by atoms with E-state index in [0.717, 1.165) is 11.8 Å². The molecule has 0 aliphatic heterocycles. The number of halogens is 6. The van der Waals surface area contributed by atoms with Crippen molar-refractivity contribution in [2.75, 3.05) is 13.2 Å². The zero-order valence-electron chi connectivity index (χ0n) is 17.8. The fourth-order valence-electron chi connectivity index (χ4n) is 2.43. The lowest BCUT2D eigenvalue weighted by Crippen LogP contribution is -2.27. The van der Waals surface area contributed by atoms with Crippen molar-refractivity contribution in [1.29, 1.82) is 0 Å². The summed E-state index contributed by atoms with van der Waals surface area (Å²) in [7, 11) is 0. The maximum Gasteiger partial charge on any atom is 0.493 e. The van der Waals surface area contributed by atoms with E-state index < -0.39 is 42.4 Å². The summed E-state index contributed by atoms with van der Waals surface area (Å²) < 4.78 is 81.7. The number of carbonyl (C=O) groups is 3. The van der Waals surface area contributed by atoms with Gasteiger partial charge in [-0.2, -0.15) is 26.3 Å². The lowest BCUT2D eigenvalue weighted by molar-refractivity contribution is -0.200. The summed E-state index contributed by atoms with van der Waals surface area (Å²) in [4.78, 5) is 38.0. The molecule has 1 atom stereocenters. The van der Waals surface area contributed by atoms with Gasteiger partial charge in [-0.15, -0.1) is 11.8 Å². The molecule has 1 aliphatic carbocycles. The van der Waals surface area contributed by atoms with Crippen LogP contribution in [-0.4, -0.2) is 54.2 Å². The van der Waals surface area contributed by atoms with Crippen LogP contribution in [0.15, 0.2) is 58.1 Å². The molecule has 1 aromatic carbocycles. The Bertz CT molecular complexity index is 1030. The topological polar surface area (TPSA) is 91.3 Å². The zero-order valence-corrected chi connectivity index (χ0v) is 18.6. The van der Waals surface area contributed by atoms with Crippen molar-refractivity contribution in [2.24, 2.45) is 5.16 Å². The molecule has 1 aliphatic rings. The van der Waals surface area contributed by atoms with Gasteiger partial charge in [-0.05, 0) is 37.6 Å². The van der Waals surface area contributed by atoms with Crippen molar-refractivity contribution in [3.63, 3.8) is 0 Å². The molecule has 0 N–H and O–H groups in total. The Balaban J connectivity index is 1.80. The molecule has 0 aromatic heterocycles. The number of oxime groups is 1. The number of Topliss-reactive ketones (excluding diaryl/α,β-unsaturated/α-hetero) is 1. The SMILES string of the molecule is C/C(=N/OC(=O)C(F)(F)F)C(=O)C1=CCC(Sc2ccc(OCCOC(=O)C(F)(F)F)cc2)C=C1. The molecule has 2 rings (SSSR count). The monoisotopic (exact) mass is 525 g/mol. The predicted octanol–water partition coefficient (Wildman–Crippen LogP) is 4.57. The van der Waals surface area contributed by atoms with Gasteiger partial charge in [0, 0.05) is 15.7 Å². The number of hydrogen-bond acceptors (Lipinski definition) is 8. The lowest BCUT2D eigenvalue weighted by Gasteiger charge is -2.15. The summed E-state index contributed by atoms with van der Waals surface area (Å²) in [6.45, 7) is 0.287. The number of hydrogen-bond donors (Lipinski definition) is 0. The number of ketones is 1. The van der Waals surface area contributed by atoms with Crippen molar-refractivity contribution in [2.45, 2.75) is 35.8 Å². The first-order valence-electron chi connectivity index (χ1n) is 9.66. The van der Waals surface area contributed by atoms with Crippen LogP contribution in [-0.2, 0) is 24.0 Å². The highest BCUT2D eigenvalue weighted by Crippen LogP contribution is 2.31. The predicted molar refractivity (Wildman–Crippen MR) is 111 cm³/mol. The third-order valence-electron chi connectivity index (χ3n) is 4.08. The van der Waals surface area contributed by atoms with Gasteiger partial charge in [0.15, 0.2) is 0 Å². The number of ether oxygens (including phenoxy) is 2. The van der Waals surface area contributed by atoms with E-state index in [1.165, 1.54) is 17.8 Å². The molecule has 35 heavy (non-hydrogen) atoms. The van der Waals surface area contributed by atoms with Gasteiger partial charge in [0.05, 0.1) is 0 Å². The summed E-state index contributed by atoms with van der Waals surface area (Å²) in [5.74, 6) is -5.16. The standard InChI is InChI=1S/C21H17F6NO6S/c1-12(28-34-19(31)21(25,26)27)17(29)13-2-6-15(7-3-13)35-16-8-4-14(5-9-16)32-10-11-33-18(30)20(22,23)24/h2-6,8-9,15H,7,10-11H2,1H3/b28-12-. The first-order chi connectivity index (χ1) is 16.3. The van der Waals surface area contributed by atoms with E-state index in [-0.39, 0.29) is 17.4 Å². The first kappa shape index (κ1) is 28.0. The van der Waals surface area contributed by atoms with Gasteiger partial charge in [0.25, 0.3) is 0 Å². The van der Waals surface area contributed by atoms with Gasteiger partial charge in [0.2, 0.25) is 5.78 Å². The number of alkyl halides is 6. The average molecular weight is 525 g/mol. The second-order valence-electron chi connectivity index (χ2n) is 6.75. The second kappa shape index (κ2) is 11.9. The highest BCUT2D eigenvalue weighted by atomic mass is 32.2. The molecule has 1 aromatic rings. The van der Waals surface area contributed by atoms with E-state index in [0.29, 0.717) is 12.2 Å². The summed E-state index contributed by atoms with van der Waals surface area (Å²) in [6.07, 6.45) is -5.10. The van der Waals surface area contributed by atoms with Gasteiger partial charge in [-0.1, -0.05) is 23.4 Å². The smallest absolute Gasteiger partial charge is 0.490 e. The fraction of sp³-hybridized carbons (Fsp3) is 0.333. The first-order valence-corrected chi connectivity index (χ1v) is 10.5. The molecule has 0 fully saturated rings. The summed E-state index contributed by atoms with van der Waals surface area (Å²) in [5.41, 5.74) is -0.241. The Kier molecular flexibility index (Phi) is 9.51. The lowest BCUT2D eigenvalue weighted by atomic mass is 10.0. The van der Waals surface area contributed by atoms with Crippen molar-refractivity contribution < 1.29 is 55.0 Å². The average Bonchev–Trinajstić information content (AvgIpc) is 2.79. The Morgan fingerprint density at radius 1 is 1.00 bits per heavy atom. The third kappa shape index (κ3) is 9.11. The van der Waals surface area contributed by atoms with Crippen molar-refractivity contribution in [1.82, 2.24) is 0 Å². The molecule has 1 unspecified atom stereocenters. The van der Waals surface area contributed by atoms with Crippen LogP contribution in [0.25, 0.3) is 0 Å². The van der Waals surface area contributed by atoms with Gasteiger partial charge in [-0.3, -0.25) is 4.79 Å². The summed E-state index contributed by atoms with van der Waals surface area (Å²) in [6, 6.07) is 6.55. The van der Waals surface area contributed by atoms with Crippen LogP contribution in [0.2, 0.25) is 0 Å². The van der Waals surface area contributed by atoms with E-state index in [4.69, 9.17) is 4.74 Å². The van der Waals surface area contributed by atoms with Crippen LogP contribution in [0.3, 0.4) is 0 Å². The maximum absolute atomic E-state index is 12.2. The number of benzene rings is 1. The van der Waals surface area contributed by atoms with Gasteiger partial charge >= 0.3 is 24.3 Å². The van der Waals surface area contributed by atoms with E-state index in [1.807, 2.05) is 0 Å². The van der Waals surface area contributed by atoms with Crippen molar-refractivity contribution in [3.05, 3.63) is 48.1 Å². The number of carbonyl (C=O) groups excluding carboxylic acids is 3. The van der Waals surface area contributed by atoms with Crippen LogP contribution < -0.4 is 4.74 Å². The van der Waals surface area contributed by atoms with E-state index in [9.17, 15) is 40.7 Å². The minimum Gasteiger partial charge on any atom is -0.490 e. The van der Waals surface area contributed by atoms with E-state index >= 15 is 0 Å². The van der Waals surface area contributed by atoms with E-state index in [1.54, 1.807) is 36.4 Å². The second-order valence-corrected chi connectivity index (χ2v) is 8.06. The van der Waals surface area contributed by atoms with Gasteiger partial charge in [0.1, 0.15) is 24.7 Å². The molecule has 14 heteroatoms. The quantitative estimate of drug-likeness (QED) is 0.117. The van der Waals surface area contributed by atoms with Crippen molar-refractivity contribution >= 4 is 35.2 Å². The molecular formula is C21H17F6NO6S. The van der Waals surface area contributed by atoms with Crippen LogP contribution in [0, 0.1) is 0 Å². The van der Waals surface area contributed by atoms with Crippen LogP contribution in [0.5, 0.6) is 5.75 Å². The van der Waals surface area contributed by atoms with Crippen molar-refractivity contribution in [3.8, 4) is 5.75 Å². The molecule has 0 heterocycles. The Morgan fingerprint density at radius 2 is 1.63 bits per heavy atom. The third-order valence-corrected chi connectivity index (χ3v) is 5.27. The van der Waals surface area contributed by atoms with Gasteiger partial charge in [-0.25, -0.2) is 9.59 Å². The van der Waals surface area contributed by atoms with Crippen LogP contribution in [0.1, 0.15) is 13.3 Å². The van der Waals surface area contributed by atoms with Crippen LogP contribution in [0.4, 0.5) is 26.3 Å². The highest BCUT2D eigenvalue weighted by molar-refractivity contribution is 8.00. The molecule has 0 radical (unpaired) electrons. The van der Waals surface area contributed by atoms with E-state index in [2.05, 4.69) is 14.7 Å². The summed E-state index contributed by atoms with van der Waals surface area (Å²) >= 11 is 1.43. The molecule has 0 bridgehead atoms. The molecule has 0 amide bonds. The minimum atomic E-state index is -5.23.